The summed E-state index contributed by atoms with van der Waals surface area (Å²) >= 11 is 0. The number of hydrogen-bond acceptors (Lipinski definition) is 5. The standard InChI is InChI=1S/C25H32N2O5S/c28-24(26-17-13-25(29,14-18-26)19-21-7-3-1-4-8-21)20-32-22-11-15-27(16-12-22)33(30,31)23-9-5-2-6-10-23/h1-10,22,29H,11-20H2. The zero-order valence-corrected chi connectivity index (χ0v) is 19.6. The van der Waals surface area contributed by atoms with Gasteiger partial charge in [0.2, 0.25) is 15.9 Å². The minimum Gasteiger partial charge on any atom is -0.389 e. The van der Waals surface area contributed by atoms with E-state index in [1.54, 1.807) is 35.2 Å². The molecule has 33 heavy (non-hydrogen) atoms. The van der Waals surface area contributed by atoms with Crippen molar-refractivity contribution in [1.29, 1.82) is 0 Å². The predicted octanol–water partition coefficient (Wildman–Crippen LogP) is 2.45. The number of carbonyl (C=O) groups is 1. The van der Waals surface area contributed by atoms with E-state index in [2.05, 4.69) is 0 Å². The summed E-state index contributed by atoms with van der Waals surface area (Å²) in [6, 6.07) is 18.4. The second-order valence-electron chi connectivity index (χ2n) is 9.00. The number of amides is 1. The highest BCUT2D eigenvalue weighted by atomic mass is 32.2. The van der Waals surface area contributed by atoms with Gasteiger partial charge >= 0.3 is 0 Å². The molecule has 2 fully saturated rings. The first-order valence-corrected chi connectivity index (χ1v) is 13.0. The molecule has 0 unspecified atom stereocenters. The highest BCUT2D eigenvalue weighted by Gasteiger charge is 2.34. The van der Waals surface area contributed by atoms with Gasteiger partial charge in [0.15, 0.2) is 0 Å². The number of benzene rings is 2. The number of ether oxygens (including phenoxy) is 1. The van der Waals surface area contributed by atoms with Crippen LogP contribution in [0.15, 0.2) is 65.6 Å². The van der Waals surface area contributed by atoms with Crippen molar-refractivity contribution in [2.45, 2.75) is 48.7 Å². The molecule has 2 aliphatic rings. The Hall–Kier alpha value is -2.26. The first-order valence-electron chi connectivity index (χ1n) is 11.6. The molecule has 8 heteroatoms. The molecule has 0 bridgehead atoms. The van der Waals surface area contributed by atoms with E-state index in [1.165, 1.54) is 4.31 Å². The average Bonchev–Trinajstić information content (AvgIpc) is 2.84. The van der Waals surface area contributed by atoms with Crippen LogP contribution in [0.3, 0.4) is 0 Å². The number of aliphatic hydroxyl groups is 1. The summed E-state index contributed by atoms with van der Waals surface area (Å²) in [5.74, 6) is -0.0731. The molecule has 2 aromatic carbocycles. The van der Waals surface area contributed by atoms with Gasteiger partial charge in [-0.25, -0.2) is 8.42 Å². The highest BCUT2D eigenvalue weighted by Crippen LogP contribution is 2.27. The first kappa shape index (κ1) is 23.9. The topological polar surface area (TPSA) is 87.2 Å². The molecule has 0 spiro atoms. The van der Waals surface area contributed by atoms with E-state index in [1.807, 2.05) is 30.3 Å². The van der Waals surface area contributed by atoms with Crippen molar-refractivity contribution in [3.05, 3.63) is 66.2 Å². The number of likely N-dealkylation sites (tertiary alicyclic amines) is 1. The van der Waals surface area contributed by atoms with Crippen LogP contribution in [0, 0.1) is 0 Å². The molecule has 0 radical (unpaired) electrons. The SMILES string of the molecule is O=C(COC1CCN(S(=O)(=O)c2ccccc2)CC1)N1CCC(O)(Cc2ccccc2)CC1. The Labute approximate surface area is 196 Å². The molecule has 0 atom stereocenters. The van der Waals surface area contributed by atoms with Crippen molar-refractivity contribution < 1.29 is 23.1 Å². The highest BCUT2D eigenvalue weighted by molar-refractivity contribution is 7.89. The normalized spacial score (nSPS) is 20.0. The molecule has 7 nitrogen and oxygen atoms in total. The van der Waals surface area contributed by atoms with Gasteiger partial charge in [-0.2, -0.15) is 4.31 Å². The van der Waals surface area contributed by atoms with Crippen LogP contribution < -0.4 is 0 Å². The zero-order valence-electron chi connectivity index (χ0n) is 18.8. The third-order valence-electron chi connectivity index (χ3n) is 6.65. The molecule has 0 aromatic heterocycles. The largest absolute Gasteiger partial charge is 0.389 e. The van der Waals surface area contributed by atoms with E-state index in [0.29, 0.717) is 63.2 Å². The Bertz CT molecular complexity index is 1010. The van der Waals surface area contributed by atoms with Gasteiger partial charge in [-0.3, -0.25) is 4.79 Å². The van der Waals surface area contributed by atoms with E-state index < -0.39 is 15.6 Å². The third-order valence-corrected chi connectivity index (χ3v) is 8.56. The van der Waals surface area contributed by atoms with Crippen LogP contribution in [-0.2, 0) is 26.0 Å². The Kier molecular flexibility index (Phi) is 7.48. The Morgan fingerprint density at radius 3 is 2.12 bits per heavy atom. The van der Waals surface area contributed by atoms with Crippen LogP contribution in [0.1, 0.15) is 31.2 Å². The molecule has 2 saturated heterocycles. The molecule has 178 valence electrons. The van der Waals surface area contributed by atoms with Gasteiger partial charge in [-0.05, 0) is 43.4 Å². The van der Waals surface area contributed by atoms with Gasteiger partial charge in [-0.1, -0.05) is 48.5 Å². The Morgan fingerprint density at radius 2 is 1.52 bits per heavy atom. The van der Waals surface area contributed by atoms with Crippen LogP contribution in [0.4, 0.5) is 0 Å². The maximum Gasteiger partial charge on any atom is 0.248 e. The van der Waals surface area contributed by atoms with Crippen LogP contribution in [-0.4, -0.2) is 73.1 Å². The average molecular weight is 473 g/mol. The van der Waals surface area contributed by atoms with Gasteiger partial charge in [0.1, 0.15) is 6.61 Å². The van der Waals surface area contributed by atoms with Crippen LogP contribution in [0.5, 0.6) is 0 Å². The molecule has 2 aromatic rings. The number of carbonyl (C=O) groups excluding carboxylic acids is 1. The van der Waals surface area contributed by atoms with Crippen LogP contribution >= 0.6 is 0 Å². The first-order chi connectivity index (χ1) is 15.9. The summed E-state index contributed by atoms with van der Waals surface area (Å²) in [7, 11) is -3.49. The van der Waals surface area contributed by atoms with E-state index in [-0.39, 0.29) is 18.6 Å². The lowest BCUT2D eigenvalue weighted by molar-refractivity contribution is -0.143. The zero-order chi connectivity index (χ0) is 23.3. The fourth-order valence-corrected chi connectivity index (χ4v) is 6.08. The molecule has 4 rings (SSSR count). The van der Waals surface area contributed by atoms with E-state index >= 15 is 0 Å². The van der Waals surface area contributed by atoms with Gasteiger partial charge < -0.3 is 14.7 Å². The fourth-order valence-electron chi connectivity index (χ4n) is 4.59. The lowest BCUT2D eigenvalue weighted by atomic mass is 9.85. The monoisotopic (exact) mass is 472 g/mol. The van der Waals surface area contributed by atoms with Gasteiger partial charge in [0.05, 0.1) is 16.6 Å². The smallest absolute Gasteiger partial charge is 0.248 e. The summed E-state index contributed by atoms with van der Waals surface area (Å²) in [6.07, 6.45) is 2.69. The summed E-state index contributed by atoms with van der Waals surface area (Å²) in [6.45, 7) is 1.78. The molecule has 2 aliphatic heterocycles. The van der Waals surface area contributed by atoms with Crippen molar-refractivity contribution in [1.82, 2.24) is 9.21 Å². The predicted molar refractivity (Wildman–Crippen MR) is 125 cm³/mol. The summed E-state index contributed by atoms with van der Waals surface area (Å²) < 4.78 is 32.8. The van der Waals surface area contributed by atoms with Crippen molar-refractivity contribution in [2.24, 2.45) is 0 Å². The van der Waals surface area contributed by atoms with Crippen molar-refractivity contribution in [2.75, 3.05) is 32.8 Å². The second kappa shape index (κ2) is 10.3. The number of nitrogens with zero attached hydrogens (tertiary/aromatic N) is 2. The number of piperidine rings is 2. The molecule has 0 aliphatic carbocycles. The van der Waals surface area contributed by atoms with Crippen LogP contribution in [0.25, 0.3) is 0 Å². The second-order valence-corrected chi connectivity index (χ2v) is 10.9. The number of hydrogen-bond donors (Lipinski definition) is 1. The van der Waals surface area contributed by atoms with Crippen LogP contribution in [0.2, 0.25) is 0 Å². The van der Waals surface area contributed by atoms with E-state index in [4.69, 9.17) is 4.74 Å². The maximum absolute atomic E-state index is 12.7. The fraction of sp³-hybridized carbons (Fsp3) is 0.480. The summed E-state index contributed by atoms with van der Waals surface area (Å²) in [5, 5.41) is 10.9. The number of rotatable bonds is 7. The molecular formula is C25H32N2O5S. The molecular weight excluding hydrogens is 440 g/mol. The minimum absolute atomic E-state index is 0.00673. The summed E-state index contributed by atoms with van der Waals surface area (Å²) in [4.78, 5) is 14.7. The lowest BCUT2D eigenvalue weighted by Gasteiger charge is -2.38. The Morgan fingerprint density at radius 1 is 0.939 bits per heavy atom. The van der Waals surface area contributed by atoms with E-state index in [9.17, 15) is 18.3 Å². The maximum atomic E-state index is 12.7. The molecule has 1 N–H and O–H groups in total. The van der Waals surface area contributed by atoms with Crippen molar-refractivity contribution in [3.8, 4) is 0 Å². The molecule has 0 saturated carbocycles. The van der Waals surface area contributed by atoms with Crippen molar-refractivity contribution in [3.63, 3.8) is 0 Å². The third kappa shape index (κ3) is 6.00. The number of sulfonamides is 1. The van der Waals surface area contributed by atoms with Gasteiger partial charge in [0, 0.05) is 32.6 Å². The van der Waals surface area contributed by atoms with E-state index in [0.717, 1.165) is 5.56 Å². The van der Waals surface area contributed by atoms with Gasteiger partial charge in [-0.15, -0.1) is 0 Å². The van der Waals surface area contributed by atoms with Gasteiger partial charge in [0.25, 0.3) is 0 Å². The molecule has 1 amide bonds. The van der Waals surface area contributed by atoms with Crippen molar-refractivity contribution >= 4 is 15.9 Å². The minimum atomic E-state index is -3.49. The quantitative estimate of drug-likeness (QED) is 0.669. The lowest BCUT2D eigenvalue weighted by Crippen LogP contribution is -2.49. The summed E-state index contributed by atoms with van der Waals surface area (Å²) in [5.41, 5.74) is 0.319. The molecule has 2 heterocycles. The Balaban J connectivity index is 1.20.